The second-order valence-corrected chi connectivity index (χ2v) is 10.7. The quantitative estimate of drug-likeness (QED) is 0.193. The van der Waals surface area contributed by atoms with E-state index in [9.17, 15) is 57.3 Å². The average Bonchev–Trinajstić information content (AvgIpc) is 2.78. The first-order valence-corrected chi connectivity index (χ1v) is 12.8. The Morgan fingerprint density at radius 3 is 1.75 bits per heavy atom. The molecule has 0 saturated carbocycles. The monoisotopic (exact) mass is 638 g/mol. The third-order valence-corrected chi connectivity index (χ3v) is 7.21. The minimum absolute atomic E-state index is 0.124. The summed E-state index contributed by atoms with van der Waals surface area (Å²) in [5.41, 5.74) is -6.46. The topological polar surface area (TPSA) is 95.5 Å². The van der Waals surface area contributed by atoms with E-state index in [4.69, 9.17) is 11.6 Å². The van der Waals surface area contributed by atoms with Crippen LogP contribution in [0.3, 0.4) is 0 Å². The Bertz CT molecular complexity index is 1530. The van der Waals surface area contributed by atoms with Crippen LogP contribution >= 0.6 is 23.4 Å². The number of carbonyl (C=O) groups is 1. The largest absolute Gasteiger partial charge is 0.416 e. The maximum Gasteiger partial charge on any atom is 0.416 e. The number of anilines is 2. The van der Waals surface area contributed by atoms with Gasteiger partial charge in [0.15, 0.2) is 0 Å². The summed E-state index contributed by atoms with van der Waals surface area (Å²) >= 11 is 6.19. The highest BCUT2D eigenvalue weighted by Crippen LogP contribution is 2.41. The molecule has 3 aromatic carbocycles. The molecule has 0 unspecified atom stereocenters. The van der Waals surface area contributed by atoms with Crippen LogP contribution < -0.4 is 10.6 Å². The predicted molar refractivity (Wildman–Crippen MR) is 126 cm³/mol. The highest BCUT2D eigenvalue weighted by atomic mass is 35.5. The number of rotatable bonds is 5. The summed E-state index contributed by atoms with van der Waals surface area (Å²) in [5, 5.41) is 3.50. The van der Waals surface area contributed by atoms with Gasteiger partial charge in [-0.25, -0.2) is 4.79 Å². The van der Waals surface area contributed by atoms with Gasteiger partial charge in [0.25, 0.3) is 10.1 Å². The molecule has 3 rings (SSSR count). The lowest BCUT2D eigenvalue weighted by molar-refractivity contribution is -0.143. The summed E-state index contributed by atoms with van der Waals surface area (Å²) in [6, 6.07) is 3.56. The SMILES string of the molecule is O=C(Nc1cc(C(F)(F)F)cc(C(F)(F)F)c1)Nc1cc(C(F)(F)F)ccc1Sc1ccc(Cl)cc1S(=O)(=O)O. The molecule has 0 aliphatic heterocycles. The summed E-state index contributed by atoms with van der Waals surface area (Å²) < 4.78 is 152. The highest BCUT2D eigenvalue weighted by Gasteiger charge is 2.37. The third kappa shape index (κ3) is 7.96. The molecular formula is C22H12ClF9N2O4S2. The van der Waals surface area contributed by atoms with Crippen molar-refractivity contribution in [2.75, 3.05) is 10.6 Å². The summed E-state index contributed by atoms with van der Waals surface area (Å²) in [5.74, 6) is 0. The van der Waals surface area contributed by atoms with Crippen LogP contribution in [-0.2, 0) is 28.6 Å². The van der Waals surface area contributed by atoms with Gasteiger partial charge in [-0.05, 0) is 54.6 Å². The second kappa shape index (κ2) is 11.0. The van der Waals surface area contributed by atoms with Gasteiger partial charge in [0.1, 0.15) is 4.90 Å². The molecule has 0 atom stereocenters. The molecular weight excluding hydrogens is 627 g/mol. The molecule has 6 nitrogen and oxygen atoms in total. The van der Waals surface area contributed by atoms with Gasteiger partial charge in [0, 0.05) is 20.5 Å². The maximum atomic E-state index is 13.3. The molecule has 3 N–H and O–H groups in total. The van der Waals surface area contributed by atoms with Crippen molar-refractivity contribution < 1.29 is 57.3 Å². The van der Waals surface area contributed by atoms with Crippen molar-refractivity contribution in [2.24, 2.45) is 0 Å². The molecule has 0 aliphatic rings. The van der Waals surface area contributed by atoms with E-state index in [-0.39, 0.29) is 33.0 Å². The van der Waals surface area contributed by atoms with Crippen LogP contribution in [0.25, 0.3) is 0 Å². The number of amides is 2. The Labute approximate surface area is 228 Å². The number of hydrogen-bond acceptors (Lipinski definition) is 4. The number of halogens is 10. The van der Waals surface area contributed by atoms with Gasteiger partial charge >= 0.3 is 24.6 Å². The first kappa shape index (κ1) is 31.4. The van der Waals surface area contributed by atoms with E-state index in [1.165, 1.54) is 6.07 Å². The molecule has 18 heteroatoms. The number of carbonyl (C=O) groups excluding carboxylic acids is 1. The lowest BCUT2D eigenvalue weighted by atomic mass is 10.1. The molecule has 0 radical (unpaired) electrons. The van der Waals surface area contributed by atoms with Crippen LogP contribution in [0.5, 0.6) is 0 Å². The molecule has 0 spiro atoms. The zero-order valence-corrected chi connectivity index (χ0v) is 21.4. The smallest absolute Gasteiger partial charge is 0.308 e. The zero-order chi connectivity index (χ0) is 30.3. The number of nitrogens with one attached hydrogen (secondary N) is 2. The van der Waals surface area contributed by atoms with Gasteiger partial charge in [-0.3, -0.25) is 4.55 Å². The van der Waals surface area contributed by atoms with Crippen LogP contribution in [0.4, 0.5) is 55.7 Å². The lowest BCUT2D eigenvalue weighted by Gasteiger charge is -2.17. The number of hydrogen-bond donors (Lipinski definition) is 3. The Hall–Kier alpha value is -3.15. The van der Waals surface area contributed by atoms with E-state index in [1.54, 1.807) is 5.32 Å². The molecule has 40 heavy (non-hydrogen) atoms. The first-order chi connectivity index (χ1) is 18.1. The van der Waals surface area contributed by atoms with E-state index in [2.05, 4.69) is 0 Å². The second-order valence-electron chi connectivity index (χ2n) is 7.75. The predicted octanol–water partition coefficient (Wildman–Crippen LogP) is 8.44. The zero-order valence-electron chi connectivity index (χ0n) is 19.0. The molecule has 0 fully saturated rings. The van der Waals surface area contributed by atoms with Crippen molar-refractivity contribution >= 4 is 50.9 Å². The summed E-state index contributed by atoms with van der Waals surface area (Å²) in [6.07, 6.45) is -15.4. The van der Waals surface area contributed by atoms with Crippen molar-refractivity contribution in [1.29, 1.82) is 0 Å². The van der Waals surface area contributed by atoms with Crippen molar-refractivity contribution in [3.8, 4) is 0 Å². The summed E-state index contributed by atoms with van der Waals surface area (Å²) in [7, 11) is -4.89. The third-order valence-electron chi connectivity index (χ3n) is 4.80. The highest BCUT2D eigenvalue weighted by molar-refractivity contribution is 8.00. The molecule has 0 bridgehead atoms. The van der Waals surface area contributed by atoms with Crippen LogP contribution in [0.15, 0.2) is 69.3 Å². The molecule has 0 aromatic heterocycles. The summed E-state index contributed by atoms with van der Waals surface area (Å²) in [4.78, 5) is 11.3. The standard InChI is InChI=1S/C22H12ClF9N2O4S2/c23-13-2-4-17(18(9-13)40(36,37)38)39-16-3-1-10(20(24,25)26)8-15(16)34-19(35)33-14-6-11(21(27,28)29)5-12(7-14)22(30,31)32/h1-9H,(H2,33,34,35)(H,36,37,38). The van der Waals surface area contributed by atoms with Gasteiger partial charge in [-0.1, -0.05) is 23.4 Å². The fourth-order valence-corrected chi connectivity index (χ4v) is 5.26. The van der Waals surface area contributed by atoms with E-state index in [1.807, 2.05) is 5.32 Å². The Morgan fingerprint density at radius 2 is 1.25 bits per heavy atom. The Balaban J connectivity index is 2.02. The normalized spacial score (nSPS) is 12.8. The molecule has 216 valence electrons. The number of alkyl halides is 9. The molecule has 0 aliphatic carbocycles. The van der Waals surface area contributed by atoms with Gasteiger partial charge in [0.05, 0.1) is 22.4 Å². The van der Waals surface area contributed by atoms with Crippen molar-refractivity contribution in [1.82, 2.24) is 0 Å². The molecule has 2 amide bonds. The van der Waals surface area contributed by atoms with Gasteiger partial charge < -0.3 is 10.6 Å². The lowest BCUT2D eigenvalue weighted by Crippen LogP contribution is -2.21. The fraction of sp³-hybridized carbons (Fsp3) is 0.136. The van der Waals surface area contributed by atoms with Gasteiger partial charge in [0.2, 0.25) is 0 Å². The molecule has 3 aromatic rings. The minimum Gasteiger partial charge on any atom is -0.308 e. The minimum atomic E-state index is -5.23. The van der Waals surface area contributed by atoms with Crippen LogP contribution in [0.1, 0.15) is 16.7 Å². The van der Waals surface area contributed by atoms with Gasteiger partial charge in [-0.2, -0.15) is 47.9 Å². The van der Waals surface area contributed by atoms with Crippen LogP contribution in [-0.4, -0.2) is 19.0 Å². The fourth-order valence-electron chi connectivity index (χ4n) is 3.09. The first-order valence-electron chi connectivity index (χ1n) is 10.2. The number of urea groups is 1. The van der Waals surface area contributed by atoms with E-state index < -0.39 is 67.6 Å². The van der Waals surface area contributed by atoms with E-state index in [0.29, 0.717) is 23.9 Å². The van der Waals surface area contributed by atoms with Crippen molar-refractivity contribution in [2.45, 2.75) is 33.2 Å². The number of benzene rings is 3. The van der Waals surface area contributed by atoms with Gasteiger partial charge in [-0.15, -0.1) is 0 Å². The van der Waals surface area contributed by atoms with E-state index in [0.717, 1.165) is 18.2 Å². The molecule has 0 heterocycles. The summed E-state index contributed by atoms with van der Waals surface area (Å²) in [6.45, 7) is 0. The van der Waals surface area contributed by atoms with Crippen LogP contribution in [0.2, 0.25) is 5.02 Å². The average molecular weight is 639 g/mol. The maximum absolute atomic E-state index is 13.3. The molecule has 0 saturated heterocycles. The Morgan fingerprint density at radius 1 is 0.725 bits per heavy atom. The Kier molecular flexibility index (Phi) is 8.65. The van der Waals surface area contributed by atoms with Crippen molar-refractivity contribution in [3.63, 3.8) is 0 Å². The van der Waals surface area contributed by atoms with Crippen molar-refractivity contribution in [3.05, 3.63) is 76.3 Å². The van der Waals surface area contributed by atoms with E-state index >= 15 is 0 Å². The van der Waals surface area contributed by atoms with Crippen LogP contribution in [0, 0.1) is 0 Å².